The van der Waals surface area contributed by atoms with Crippen molar-refractivity contribution in [3.63, 3.8) is 0 Å². The molecule has 0 aliphatic carbocycles. The quantitative estimate of drug-likeness (QED) is 0.684. The van der Waals surface area contributed by atoms with Crippen LogP contribution in [-0.2, 0) is 4.79 Å². The molecule has 1 aromatic rings. The third-order valence-electron chi connectivity index (χ3n) is 1.97. The van der Waals surface area contributed by atoms with Crippen LogP contribution in [0.25, 0.3) is 6.08 Å². The van der Waals surface area contributed by atoms with Crippen LogP contribution in [0, 0.1) is 13.8 Å². The lowest BCUT2D eigenvalue weighted by molar-refractivity contribution is -0.113. The first kappa shape index (κ1) is 9.52. The zero-order valence-corrected chi connectivity index (χ0v) is 7.87. The van der Waals surface area contributed by atoms with E-state index in [1.54, 1.807) is 6.08 Å². The minimum absolute atomic E-state index is 0.418. The van der Waals surface area contributed by atoms with Crippen LogP contribution in [0.4, 0.5) is 0 Å². The number of aryl methyl sites for hydroxylation is 2. The van der Waals surface area contributed by atoms with Crippen molar-refractivity contribution in [2.75, 3.05) is 0 Å². The van der Waals surface area contributed by atoms with E-state index in [1.165, 1.54) is 17.2 Å². The summed E-state index contributed by atoms with van der Waals surface area (Å²) < 4.78 is 0. The highest BCUT2D eigenvalue weighted by molar-refractivity contribution is 5.90. The summed E-state index contributed by atoms with van der Waals surface area (Å²) in [7, 11) is 0. The van der Waals surface area contributed by atoms with Gasteiger partial charge >= 0.3 is 0 Å². The van der Waals surface area contributed by atoms with E-state index in [0.717, 1.165) is 5.56 Å². The number of benzene rings is 1. The van der Waals surface area contributed by atoms with Crippen LogP contribution in [-0.4, -0.2) is 5.91 Å². The molecule has 0 unspecified atom stereocenters. The van der Waals surface area contributed by atoms with Crippen LogP contribution in [0.1, 0.15) is 16.7 Å². The second-order valence-corrected chi connectivity index (χ2v) is 3.08. The zero-order chi connectivity index (χ0) is 9.84. The lowest BCUT2D eigenvalue weighted by Gasteiger charge is -1.99. The lowest BCUT2D eigenvalue weighted by atomic mass is 10.1. The van der Waals surface area contributed by atoms with Crippen LogP contribution in [0.15, 0.2) is 24.3 Å². The fraction of sp³-hybridized carbons (Fsp3) is 0.182. The Kier molecular flexibility index (Phi) is 2.85. The minimum Gasteiger partial charge on any atom is -0.366 e. The van der Waals surface area contributed by atoms with E-state index in [-0.39, 0.29) is 0 Å². The first-order valence-electron chi connectivity index (χ1n) is 4.14. The first-order chi connectivity index (χ1) is 6.09. The SMILES string of the molecule is Cc1ccc(/C=C\C(N)=O)cc1C. The molecule has 0 spiro atoms. The van der Waals surface area contributed by atoms with Crippen LogP contribution in [0.2, 0.25) is 0 Å². The summed E-state index contributed by atoms with van der Waals surface area (Å²) in [4.78, 5) is 10.5. The summed E-state index contributed by atoms with van der Waals surface area (Å²) in [5.74, 6) is -0.418. The number of carbonyl (C=O) groups is 1. The van der Waals surface area contributed by atoms with Gasteiger partial charge in [-0.3, -0.25) is 4.79 Å². The number of primary amides is 1. The van der Waals surface area contributed by atoms with Gasteiger partial charge in [0, 0.05) is 6.08 Å². The maximum atomic E-state index is 10.5. The molecule has 68 valence electrons. The second kappa shape index (κ2) is 3.90. The van der Waals surface area contributed by atoms with E-state index in [0.29, 0.717) is 0 Å². The largest absolute Gasteiger partial charge is 0.366 e. The Balaban J connectivity index is 2.92. The monoisotopic (exact) mass is 175 g/mol. The number of amides is 1. The average Bonchev–Trinajstić information content (AvgIpc) is 2.07. The number of hydrogen-bond donors (Lipinski definition) is 1. The zero-order valence-electron chi connectivity index (χ0n) is 7.87. The van der Waals surface area contributed by atoms with Crippen LogP contribution < -0.4 is 5.73 Å². The van der Waals surface area contributed by atoms with E-state index in [1.807, 2.05) is 25.1 Å². The molecule has 0 radical (unpaired) electrons. The van der Waals surface area contributed by atoms with Crippen molar-refractivity contribution in [1.29, 1.82) is 0 Å². The second-order valence-electron chi connectivity index (χ2n) is 3.08. The maximum Gasteiger partial charge on any atom is 0.241 e. The van der Waals surface area contributed by atoms with E-state index in [4.69, 9.17) is 5.73 Å². The van der Waals surface area contributed by atoms with Gasteiger partial charge in [0.05, 0.1) is 0 Å². The summed E-state index contributed by atoms with van der Waals surface area (Å²) in [5.41, 5.74) is 8.45. The van der Waals surface area contributed by atoms with Crippen molar-refractivity contribution in [2.45, 2.75) is 13.8 Å². The molecule has 13 heavy (non-hydrogen) atoms. The smallest absolute Gasteiger partial charge is 0.241 e. The molecular formula is C11H13NO. The van der Waals surface area contributed by atoms with Gasteiger partial charge in [0.1, 0.15) is 0 Å². The predicted molar refractivity (Wildman–Crippen MR) is 54.1 cm³/mol. The van der Waals surface area contributed by atoms with Crippen molar-refractivity contribution in [1.82, 2.24) is 0 Å². The standard InChI is InChI=1S/C11H13NO/c1-8-3-4-10(7-9(8)2)5-6-11(12)13/h3-7H,1-2H3,(H2,12,13)/b6-5-. The Labute approximate surface area is 78.1 Å². The minimum atomic E-state index is -0.418. The molecule has 1 rings (SSSR count). The Hall–Kier alpha value is -1.57. The third-order valence-corrected chi connectivity index (χ3v) is 1.97. The molecule has 2 heteroatoms. The van der Waals surface area contributed by atoms with E-state index < -0.39 is 5.91 Å². The number of nitrogens with two attached hydrogens (primary N) is 1. The van der Waals surface area contributed by atoms with E-state index in [9.17, 15) is 4.79 Å². The molecule has 2 N–H and O–H groups in total. The molecule has 0 aliphatic rings. The molecule has 0 aromatic heterocycles. The number of carbonyl (C=O) groups excluding carboxylic acids is 1. The Morgan fingerprint density at radius 1 is 1.31 bits per heavy atom. The molecule has 1 aromatic carbocycles. The molecule has 0 fully saturated rings. The molecule has 0 heterocycles. The first-order valence-corrected chi connectivity index (χ1v) is 4.14. The highest BCUT2D eigenvalue weighted by atomic mass is 16.1. The van der Waals surface area contributed by atoms with Gasteiger partial charge in [0.15, 0.2) is 0 Å². The topological polar surface area (TPSA) is 43.1 Å². The van der Waals surface area contributed by atoms with Crippen molar-refractivity contribution in [3.05, 3.63) is 41.0 Å². The summed E-state index contributed by atoms with van der Waals surface area (Å²) in [6.45, 7) is 4.09. The van der Waals surface area contributed by atoms with Crippen molar-refractivity contribution < 1.29 is 4.79 Å². The van der Waals surface area contributed by atoms with E-state index in [2.05, 4.69) is 6.92 Å². The van der Waals surface area contributed by atoms with Gasteiger partial charge in [-0.15, -0.1) is 0 Å². The molecule has 0 aliphatic heterocycles. The Bertz CT molecular complexity index is 353. The Morgan fingerprint density at radius 3 is 2.54 bits per heavy atom. The van der Waals surface area contributed by atoms with Crippen LogP contribution in [0.3, 0.4) is 0 Å². The third kappa shape index (κ3) is 2.75. The van der Waals surface area contributed by atoms with Gasteiger partial charge in [-0.25, -0.2) is 0 Å². The summed E-state index contributed by atoms with van der Waals surface area (Å²) in [6.07, 6.45) is 3.08. The van der Waals surface area contributed by atoms with Crippen molar-refractivity contribution in [3.8, 4) is 0 Å². The van der Waals surface area contributed by atoms with Gasteiger partial charge in [-0.05, 0) is 36.6 Å². The summed E-state index contributed by atoms with van der Waals surface area (Å²) in [6, 6.07) is 6.01. The molecule has 2 nitrogen and oxygen atoms in total. The highest BCUT2D eigenvalue weighted by Gasteiger charge is 1.92. The molecule has 0 saturated carbocycles. The summed E-state index contributed by atoms with van der Waals surface area (Å²) in [5, 5.41) is 0. The predicted octanol–water partition coefficient (Wildman–Crippen LogP) is 1.80. The van der Waals surface area contributed by atoms with Gasteiger partial charge in [-0.2, -0.15) is 0 Å². The molecule has 1 amide bonds. The van der Waals surface area contributed by atoms with Crippen LogP contribution in [0.5, 0.6) is 0 Å². The molecule has 0 bridgehead atoms. The fourth-order valence-corrected chi connectivity index (χ4v) is 1.05. The maximum absolute atomic E-state index is 10.5. The van der Waals surface area contributed by atoms with E-state index >= 15 is 0 Å². The van der Waals surface area contributed by atoms with Gasteiger partial charge < -0.3 is 5.73 Å². The fourth-order valence-electron chi connectivity index (χ4n) is 1.05. The van der Waals surface area contributed by atoms with Gasteiger partial charge in [0.2, 0.25) is 5.91 Å². The normalized spacial score (nSPS) is 10.6. The van der Waals surface area contributed by atoms with Crippen molar-refractivity contribution >= 4 is 12.0 Å². The molecular weight excluding hydrogens is 162 g/mol. The highest BCUT2D eigenvalue weighted by Crippen LogP contribution is 2.10. The Morgan fingerprint density at radius 2 is 2.00 bits per heavy atom. The van der Waals surface area contributed by atoms with Gasteiger partial charge in [0.25, 0.3) is 0 Å². The molecule has 0 saturated heterocycles. The lowest BCUT2D eigenvalue weighted by Crippen LogP contribution is -2.05. The van der Waals surface area contributed by atoms with Crippen molar-refractivity contribution in [2.24, 2.45) is 5.73 Å². The van der Waals surface area contributed by atoms with Gasteiger partial charge in [-0.1, -0.05) is 18.2 Å². The number of hydrogen-bond acceptors (Lipinski definition) is 1. The number of rotatable bonds is 2. The molecule has 0 atom stereocenters. The summed E-state index contributed by atoms with van der Waals surface area (Å²) >= 11 is 0. The average molecular weight is 175 g/mol. The van der Waals surface area contributed by atoms with Crippen LogP contribution >= 0.6 is 0 Å².